The van der Waals surface area contributed by atoms with Crippen LogP contribution in [0.15, 0.2) is 82.6 Å². The van der Waals surface area contributed by atoms with Gasteiger partial charge in [-0.3, -0.25) is 0 Å². The molecule has 0 aliphatic carbocycles. The van der Waals surface area contributed by atoms with E-state index in [0.717, 1.165) is 0 Å². The molecule has 0 saturated carbocycles. The Morgan fingerprint density at radius 3 is 2.14 bits per heavy atom. The number of para-hydroxylation sites is 1. The molecule has 3 aromatic rings. The number of hydrogen-bond donors (Lipinski definition) is 1. The number of nitrogens with two attached hydrogens (primary N) is 1. The Hall–Kier alpha value is -2.39. The van der Waals surface area contributed by atoms with Crippen LogP contribution in [0.4, 0.5) is 0 Å². The van der Waals surface area contributed by atoms with E-state index in [9.17, 15) is 16.8 Å². The first-order chi connectivity index (χ1) is 13.6. The highest BCUT2D eigenvalue weighted by Crippen LogP contribution is 2.46. The molecule has 0 bridgehead atoms. The van der Waals surface area contributed by atoms with Gasteiger partial charge in [0.1, 0.15) is 5.75 Å². The average molecular weight is 450 g/mol. The van der Waals surface area contributed by atoms with Crippen molar-refractivity contribution in [2.45, 2.75) is 21.1 Å². The summed E-state index contributed by atoms with van der Waals surface area (Å²) in [5.41, 5.74) is 0.592. The zero-order valence-corrected chi connectivity index (χ0v) is 17.3. The largest absolute Gasteiger partial charge is 0.465 e. The number of primary sulfonamides is 1. The summed E-state index contributed by atoms with van der Waals surface area (Å²) in [4.78, 5) is -2.26. The summed E-state index contributed by atoms with van der Waals surface area (Å²) in [7, 11) is -8.43. The molecule has 1 aliphatic heterocycles. The second kappa shape index (κ2) is 6.84. The number of fused-ring (bicyclic) bond motifs is 1. The number of sulfonamides is 1. The van der Waals surface area contributed by atoms with Gasteiger partial charge in [0, 0.05) is 17.0 Å². The molecule has 0 amide bonds. The van der Waals surface area contributed by atoms with E-state index in [2.05, 4.69) is 0 Å². The van der Waals surface area contributed by atoms with Crippen molar-refractivity contribution >= 4 is 31.5 Å². The van der Waals surface area contributed by atoms with Crippen LogP contribution in [0.25, 0.3) is 0 Å². The van der Waals surface area contributed by atoms with Crippen molar-refractivity contribution in [2.75, 3.05) is 0 Å². The van der Waals surface area contributed by atoms with Crippen LogP contribution in [-0.4, -0.2) is 16.8 Å². The highest BCUT2D eigenvalue weighted by Gasteiger charge is 2.53. The zero-order chi connectivity index (χ0) is 20.9. The number of hydrogen-bond acceptors (Lipinski definition) is 5. The Morgan fingerprint density at radius 2 is 1.48 bits per heavy atom. The standard InChI is InChI=1S/C20H16ClNO5S2/c21-15-9-11-16(12-10-15)28(23,24)19-8-4-2-6-17(19)20(29(22,25)26)13-14-5-1-3-7-18(14)27-20/h1-12H,13H2,(H2,22,25,26). The molecule has 4 rings (SSSR count). The summed E-state index contributed by atoms with van der Waals surface area (Å²) < 4.78 is 57.9. The van der Waals surface area contributed by atoms with Crippen molar-refractivity contribution in [3.05, 3.63) is 88.9 Å². The molecule has 3 aromatic carbocycles. The first kappa shape index (κ1) is 19.9. The minimum atomic E-state index is -4.36. The fourth-order valence-electron chi connectivity index (χ4n) is 3.43. The van der Waals surface area contributed by atoms with Gasteiger partial charge >= 0.3 is 0 Å². The highest BCUT2D eigenvalue weighted by atomic mass is 35.5. The molecule has 1 atom stereocenters. The summed E-state index contributed by atoms with van der Waals surface area (Å²) >= 11 is 5.87. The molecular formula is C20H16ClNO5S2. The number of benzene rings is 3. The number of halogens is 1. The molecule has 150 valence electrons. The first-order valence-electron chi connectivity index (χ1n) is 8.55. The van der Waals surface area contributed by atoms with Crippen LogP contribution in [0, 0.1) is 0 Å². The first-order valence-corrected chi connectivity index (χ1v) is 12.0. The average Bonchev–Trinajstić information content (AvgIpc) is 3.09. The molecule has 1 unspecified atom stereocenters. The third-order valence-electron chi connectivity index (χ3n) is 4.84. The van der Waals surface area contributed by atoms with Gasteiger partial charge in [-0.1, -0.05) is 48.0 Å². The van der Waals surface area contributed by atoms with Gasteiger partial charge in [0.25, 0.3) is 15.0 Å². The maximum absolute atomic E-state index is 13.3. The van der Waals surface area contributed by atoms with Crippen molar-refractivity contribution in [3.8, 4) is 5.75 Å². The lowest BCUT2D eigenvalue weighted by molar-refractivity contribution is 0.179. The lowest BCUT2D eigenvalue weighted by Gasteiger charge is -2.28. The summed E-state index contributed by atoms with van der Waals surface area (Å²) in [5.74, 6) is 0.347. The molecule has 1 heterocycles. The Balaban J connectivity index is 1.96. The van der Waals surface area contributed by atoms with Crippen molar-refractivity contribution in [1.82, 2.24) is 0 Å². The van der Waals surface area contributed by atoms with Gasteiger partial charge in [-0.05, 0) is 42.0 Å². The summed E-state index contributed by atoms with van der Waals surface area (Å²) in [5, 5.41) is 5.98. The highest BCUT2D eigenvalue weighted by molar-refractivity contribution is 7.92. The molecule has 6 nitrogen and oxygen atoms in total. The van der Waals surface area contributed by atoms with Crippen LogP contribution < -0.4 is 9.88 Å². The molecule has 1 aliphatic rings. The van der Waals surface area contributed by atoms with Gasteiger partial charge in [0.05, 0.1) is 9.79 Å². The van der Waals surface area contributed by atoms with Gasteiger partial charge in [-0.15, -0.1) is 0 Å². The SMILES string of the molecule is NS(=O)(=O)C1(c2ccccc2S(=O)(=O)c2ccc(Cl)cc2)Cc2ccccc2O1. The molecule has 9 heteroatoms. The van der Waals surface area contributed by atoms with E-state index in [1.165, 1.54) is 42.5 Å². The van der Waals surface area contributed by atoms with Crippen LogP contribution in [0.1, 0.15) is 11.1 Å². The van der Waals surface area contributed by atoms with Crippen molar-refractivity contribution in [2.24, 2.45) is 5.14 Å². The zero-order valence-electron chi connectivity index (χ0n) is 14.9. The smallest absolute Gasteiger partial charge is 0.255 e. The van der Waals surface area contributed by atoms with Crippen LogP contribution in [0.3, 0.4) is 0 Å². The number of sulfone groups is 1. The van der Waals surface area contributed by atoms with Crippen LogP contribution in [-0.2, 0) is 31.2 Å². The van der Waals surface area contributed by atoms with Crippen LogP contribution in [0.2, 0.25) is 5.02 Å². The van der Waals surface area contributed by atoms with Crippen molar-refractivity contribution in [3.63, 3.8) is 0 Å². The van der Waals surface area contributed by atoms with Gasteiger partial charge < -0.3 is 4.74 Å². The molecule has 0 saturated heterocycles. The monoisotopic (exact) mass is 449 g/mol. The predicted octanol–water partition coefficient (Wildman–Crippen LogP) is 3.25. The van der Waals surface area contributed by atoms with E-state index in [1.807, 2.05) is 0 Å². The van der Waals surface area contributed by atoms with Crippen molar-refractivity contribution < 1.29 is 21.6 Å². The molecule has 0 aromatic heterocycles. The molecule has 2 N–H and O–H groups in total. The Kier molecular flexibility index (Phi) is 4.70. The minimum Gasteiger partial charge on any atom is -0.465 e. The maximum Gasteiger partial charge on any atom is 0.255 e. The van der Waals surface area contributed by atoms with Gasteiger partial charge in [-0.2, -0.15) is 0 Å². The van der Waals surface area contributed by atoms with E-state index >= 15 is 0 Å². The van der Waals surface area contributed by atoms with E-state index in [-0.39, 0.29) is 21.8 Å². The second-order valence-corrected chi connectivity index (χ2v) is 10.7. The second-order valence-electron chi connectivity index (χ2n) is 6.64. The summed E-state index contributed by atoms with van der Waals surface area (Å²) in [6.07, 6.45) is -0.102. The Bertz CT molecular complexity index is 1280. The lowest BCUT2D eigenvalue weighted by Crippen LogP contribution is -2.45. The fourth-order valence-corrected chi connectivity index (χ4v) is 6.20. The fraction of sp³-hybridized carbons (Fsp3) is 0.100. The van der Waals surface area contributed by atoms with E-state index in [0.29, 0.717) is 16.3 Å². The quantitative estimate of drug-likeness (QED) is 0.658. The Labute approximate surface area is 173 Å². The molecule has 29 heavy (non-hydrogen) atoms. The maximum atomic E-state index is 13.3. The predicted molar refractivity (Wildman–Crippen MR) is 109 cm³/mol. The Morgan fingerprint density at radius 1 is 0.862 bits per heavy atom. The molecule has 0 spiro atoms. The molecular weight excluding hydrogens is 434 g/mol. The van der Waals surface area contributed by atoms with E-state index < -0.39 is 24.8 Å². The third-order valence-corrected chi connectivity index (χ3v) is 8.29. The van der Waals surface area contributed by atoms with Crippen molar-refractivity contribution in [1.29, 1.82) is 0 Å². The molecule has 0 radical (unpaired) electrons. The number of rotatable bonds is 4. The number of ether oxygens (including phenoxy) is 1. The van der Waals surface area contributed by atoms with E-state index in [1.54, 1.807) is 30.3 Å². The lowest BCUT2D eigenvalue weighted by atomic mass is 10.0. The van der Waals surface area contributed by atoms with Gasteiger partial charge in [0.15, 0.2) is 0 Å². The topological polar surface area (TPSA) is 104 Å². The van der Waals surface area contributed by atoms with Crippen LogP contribution in [0.5, 0.6) is 5.75 Å². The molecule has 0 fully saturated rings. The summed E-state index contributed by atoms with van der Waals surface area (Å²) in [6, 6.07) is 18.3. The van der Waals surface area contributed by atoms with Gasteiger partial charge in [0.2, 0.25) is 9.84 Å². The van der Waals surface area contributed by atoms with E-state index in [4.69, 9.17) is 21.5 Å². The normalized spacial score (nSPS) is 18.8. The van der Waals surface area contributed by atoms with Gasteiger partial charge in [-0.25, -0.2) is 22.0 Å². The summed E-state index contributed by atoms with van der Waals surface area (Å²) in [6.45, 7) is 0. The minimum absolute atomic E-state index is 0.0190. The third kappa shape index (κ3) is 3.22. The van der Waals surface area contributed by atoms with Crippen LogP contribution >= 0.6 is 11.6 Å².